The van der Waals surface area contributed by atoms with E-state index in [0.717, 1.165) is 13.2 Å². The molecule has 2 rings (SSSR count). The predicted molar refractivity (Wildman–Crippen MR) is 44.9 cm³/mol. The molecule has 1 saturated heterocycles. The maximum atomic E-state index is 10.5. The van der Waals surface area contributed by atoms with Crippen molar-refractivity contribution >= 4 is 5.97 Å². The number of carbonyl (C=O) groups is 1. The van der Waals surface area contributed by atoms with Crippen molar-refractivity contribution in [3.05, 3.63) is 24.0 Å². The summed E-state index contributed by atoms with van der Waals surface area (Å²) in [5.74, 6) is -1.77. The summed E-state index contributed by atoms with van der Waals surface area (Å²) in [4.78, 5) is 11.1. The van der Waals surface area contributed by atoms with Crippen molar-refractivity contribution < 1.29 is 28.5 Å². The number of carboxylic acid groups (broad SMARTS) is 1. The maximum Gasteiger partial charge on any atom is 0.430 e. The molecule has 0 atom stereocenters. The minimum Gasteiger partial charge on any atom is -0.542 e. The number of fused-ring (bicyclic) bond motifs is 1. The minimum absolute atomic E-state index is 1.04. The van der Waals surface area contributed by atoms with Gasteiger partial charge in [-0.2, -0.15) is 13.2 Å². The summed E-state index contributed by atoms with van der Waals surface area (Å²) in [5.41, 5.74) is 5.24. The molecular weight excluding hydrogens is 227 g/mol. The molecule has 0 unspecified atom stereocenters. The van der Waals surface area contributed by atoms with E-state index in [9.17, 15) is 13.2 Å². The fraction of sp³-hybridized carbons (Fsp3) is 0.375. The smallest absolute Gasteiger partial charge is 0.430 e. The Morgan fingerprint density at radius 1 is 1.56 bits per heavy atom. The largest absolute Gasteiger partial charge is 0.542 e. The molecule has 2 aliphatic heterocycles. The van der Waals surface area contributed by atoms with Crippen molar-refractivity contribution in [2.24, 2.45) is 0 Å². The van der Waals surface area contributed by atoms with Gasteiger partial charge in [0.25, 0.3) is 0 Å². The molecule has 0 radical (unpaired) electrons. The number of aliphatic carboxylic acids is 1. The molecular formula is C8H10F3N3O2. The van der Waals surface area contributed by atoms with E-state index in [-0.39, 0.29) is 0 Å². The van der Waals surface area contributed by atoms with Gasteiger partial charge in [-0.05, 0) is 6.08 Å². The third-order valence-corrected chi connectivity index (χ3v) is 1.85. The van der Waals surface area contributed by atoms with Crippen molar-refractivity contribution in [2.75, 3.05) is 13.2 Å². The van der Waals surface area contributed by atoms with Gasteiger partial charge in [0, 0.05) is 6.54 Å². The van der Waals surface area contributed by atoms with Crippen LogP contribution in [0.25, 0.3) is 0 Å². The topological polar surface area (TPSA) is 72.0 Å². The molecule has 16 heavy (non-hydrogen) atoms. The van der Waals surface area contributed by atoms with Crippen LogP contribution in [0.1, 0.15) is 0 Å². The van der Waals surface area contributed by atoms with Gasteiger partial charge < -0.3 is 14.8 Å². The van der Waals surface area contributed by atoms with Gasteiger partial charge in [-0.3, -0.25) is 0 Å². The zero-order chi connectivity index (χ0) is 12.2. The number of alkyl halides is 3. The Bertz CT molecular complexity index is 325. The number of carbonyl (C=O) groups excluding carboxylic acids is 1. The molecule has 1 fully saturated rings. The molecule has 2 heterocycles. The first kappa shape index (κ1) is 12.4. The lowest BCUT2D eigenvalue weighted by Gasteiger charge is -2.13. The molecule has 0 aromatic carbocycles. The average molecular weight is 237 g/mol. The van der Waals surface area contributed by atoms with E-state index in [2.05, 4.69) is 34.0 Å². The van der Waals surface area contributed by atoms with Gasteiger partial charge in [0.1, 0.15) is 5.97 Å². The number of hydrogen-bond acceptors (Lipinski definition) is 4. The maximum absolute atomic E-state index is 10.5. The summed E-state index contributed by atoms with van der Waals surface area (Å²) in [6.07, 6.45) is 1.13. The van der Waals surface area contributed by atoms with Crippen LogP contribution in [0.15, 0.2) is 24.0 Å². The van der Waals surface area contributed by atoms with Gasteiger partial charge in [-0.25, -0.2) is 10.9 Å². The number of nitrogens with one attached hydrogen (secondary N) is 1. The summed E-state index contributed by atoms with van der Waals surface area (Å²) >= 11 is 0. The molecule has 90 valence electrons. The Labute approximate surface area is 89.2 Å². The van der Waals surface area contributed by atoms with Crippen LogP contribution in [0.5, 0.6) is 0 Å². The van der Waals surface area contributed by atoms with Gasteiger partial charge in [0.15, 0.2) is 12.5 Å². The number of halogens is 3. The number of rotatable bonds is 0. The Balaban J connectivity index is 0.000000168. The third kappa shape index (κ3) is 3.46. The van der Waals surface area contributed by atoms with E-state index in [1.165, 1.54) is 5.82 Å². The first-order valence-electron chi connectivity index (χ1n) is 4.39. The van der Waals surface area contributed by atoms with Crippen molar-refractivity contribution in [1.82, 2.24) is 10.3 Å². The number of allylic oxidation sites excluding steroid dienone is 2. The van der Waals surface area contributed by atoms with E-state index in [1.807, 2.05) is 0 Å². The molecule has 2 aliphatic rings. The van der Waals surface area contributed by atoms with Crippen LogP contribution >= 0.6 is 0 Å². The molecule has 0 amide bonds. The first-order valence-corrected chi connectivity index (χ1v) is 4.39. The van der Waals surface area contributed by atoms with Crippen LogP contribution in [0.2, 0.25) is 0 Å². The molecule has 0 bridgehead atoms. The zero-order valence-electron chi connectivity index (χ0n) is 8.12. The Morgan fingerprint density at radius 3 is 2.69 bits per heavy atom. The highest BCUT2D eigenvalue weighted by Crippen LogP contribution is 2.11. The highest BCUT2D eigenvalue weighted by Gasteiger charge is 2.28. The molecule has 5 nitrogen and oxygen atoms in total. The van der Waals surface area contributed by atoms with Gasteiger partial charge >= 0.3 is 6.18 Å². The van der Waals surface area contributed by atoms with Crippen LogP contribution in [0, 0.1) is 0 Å². The second kappa shape index (κ2) is 4.88. The fourth-order valence-corrected chi connectivity index (χ4v) is 1.12. The predicted octanol–water partition coefficient (Wildman–Crippen LogP) is -1.96. The lowest BCUT2D eigenvalue weighted by atomic mass is 10.3. The summed E-state index contributed by atoms with van der Waals surface area (Å²) in [6.45, 7) is 2.09. The minimum atomic E-state index is -5.19. The Morgan fingerprint density at radius 2 is 2.19 bits per heavy atom. The number of nitrogens with two attached hydrogens (primary N) is 1. The van der Waals surface area contributed by atoms with Crippen molar-refractivity contribution in [3.8, 4) is 0 Å². The SMILES string of the molecule is C1=CCN2C[NH2+]NC2=C1.O=C([O-])C(F)(F)F. The van der Waals surface area contributed by atoms with Crippen molar-refractivity contribution in [2.45, 2.75) is 6.18 Å². The average Bonchev–Trinajstić information content (AvgIpc) is 2.64. The molecule has 8 heteroatoms. The summed E-state index contributed by atoms with van der Waals surface area (Å²) in [6, 6.07) is 0. The van der Waals surface area contributed by atoms with Crippen LogP contribution in [0.3, 0.4) is 0 Å². The van der Waals surface area contributed by atoms with Crippen LogP contribution in [-0.2, 0) is 4.79 Å². The number of nitrogens with zero attached hydrogens (tertiary/aromatic N) is 1. The number of hydrogen-bond donors (Lipinski definition) is 2. The lowest BCUT2D eigenvalue weighted by molar-refractivity contribution is -0.694. The normalized spacial score (nSPS) is 17.9. The summed E-state index contributed by atoms with van der Waals surface area (Å²) < 4.78 is 31.5. The summed E-state index contributed by atoms with van der Waals surface area (Å²) in [5, 5.41) is 8.78. The van der Waals surface area contributed by atoms with E-state index in [4.69, 9.17) is 9.90 Å². The molecule has 0 spiro atoms. The quantitative estimate of drug-likeness (QED) is 0.480. The monoisotopic (exact) mass is 237 g/mol. The van der Waals surface area contributed by atoms with Gasteiger partial charge in [-0.1, -0.05) is 12.2 Å². The van der Waals surface area contributed by atoms with E-state index >= 15 is 0 Å². The lowest BCUT2D eigenvalue weighted by Crippen LogP contribution is -2.89. The van der Waals surface area contributed by atoms with Gasteiger partial charge in [-0.15, -0.1) is 0 Å². The van der Waals surface area contributed by atoms with Gasteiger partial charge in [0.05, 0.1) is 0 Å². The Kier molecular flexibility index (Phi) is 3.78. The van der Waals surface area contributed by atoms with E-state index < -0.39 is 12.1 Å². The first-order chi connectivity index (χ1) is 7.41. The molecule has 3 N–H and O–H groups in total. The van der Waals surface area contributed by atoms with Crippen LogP contribution < -0.4 is 16.0 Å². The van der Waals surface area contributed by atoms with Crippen LogP contribution in [-0.4, -0.2) is 30.3 Å². The molecule has 0 saturated carbocycles. The molecule has 0 aliphatic carbocycles. The number of carboxylic acids is 1. The standard InChI is InChI=1S/C6H9N3.C2HF3O2/c1-2-4-9-5-7-8-6(9)3-1;3-2(4,5)1(6)7/h1-3,7-8H,4-5H2;(H,6,7). The Hall–Kier alpha value is -1.70. The van der Waals surface area contributed by atoms with Crippen molar-refractivity contribution in [3.63, 3.8) is 0 Å². The van der Waals surface area contributed by atoms with Crippen molar-refractivity contribution in [1.29, 1.82) is 0 Å². The van der Waals surface area contributed by atoms with E-state index in [0.29, 0.717) is 0 Å². The highest BCUT2D eigenvalue weighted by atomic mass is 19.4. The fourth-order valence-electron chi connectivity index (χ4n) is 1.12. The second-order valence-corrected chi connectivity index (χ2v) is 3.02. The zero-order valence-corrected chi connectivity index (χ0v) is 8.12. The second-order valence-electron chi connectivity index (χ2n) is 3.02. The molecule has 0 aromatic heterocycles. The van der Waals surface area contributed by atoms with Crippen LogP contribution in [0.4, 0.5) is 13.2 Å². The number of quaternary nitrogens is 1. The van der Waals surface area contributed by atoms with E-state index in [1.54, 1.807) is 0 Å². The van der Waals surface area contributed by atoms with Gasteiger partial charge in [0.2, 0.25) is 0 Å². The third-order valence-electron chi connectivity index (χ3n) is 1.85. The highest BCUT2D eigenvalue weighted by molar-refractivity contribution is 5.70. The molecule has 0 aromatic rings. The summed E-state index contributed by atoms with van der Waals surface area (Å²) in [7, 11) is 0.